The first-order valence-corrected chi connectivity index (χ1v) is 9.61. The van der Waals surface area contributed by atoms with Crippen LogP contribution in [0.25, 0.3) is 6.08 Å². The maximum atomic E-state index is 12.6. The number of thioether (sulfide) groups is 1. The van der Waals surface area contributed by atoms with Gasteiger partial charge in [0.25, 0.3) is 11.1 Å². The van der Waals surface area contributed by atoms with E-state index in [1.165, 1.54) is 4.90 Å². The summed E-state index contributed by atoms with van der Waals surface area (Å²) < 4.78 is 0. The zero-order chi connectivity index (χ0) is 18.7. The van der Waals surface area contributed by atoms with Crippen LogP contribution in [0.5, 0.6) is 0 Å². The van der Waals surface area contributed by atoms with Crippen LogP contribution in [0.2, 0.25) is 5.02 Å². The Balaban J connectivity index is 1.82. The molecule has 134 valence electrons. The van der Waals surface area contributed by atoms with Crippen LogP contribution in [0.1, 0.15) is 19.4 Å². The third-order valence-electron chi connectivity index (χ3n) is 4.20. The molecule has 0 unspecified atom stereocenters. The van der Waals surface area contributed by atoms with E-state index in [4.69, 9.17) is 11.6 Å². The van der Waals surface area contributed by atoms with E-state index in [2.05, 4.69) is 18.7 Å². The molecule has 2 aromatic rings. The van der Waals surface area contributed by atoms with Crippen molar-refractivity contribution in [3.8, 4) is 0 Å². The molecule has 0 saturated carbocycles. The molecule has 26 heavy (non-hydrogen) atoms. The Morgan fingerprint density at radius 2 is 1.62 bits per heavy atom. The molecule has 2 aromatic carbocycles. The Morgan fingerprint density at radius 3 is 2.19 bits per heavy atom. The molecule has 1 aliphatic rings. The van der Waals surface area contributed by atoms with E-state index in [-0.39, 0.29) is 11.1 Å². The molecule has 0 radical (unpaired) electrons. The molecule has 1 heterocycles. The summed E-state index contributed by atoms with van der Waals surface area (Å²) in [4.78, 5) is 28.8. The van der Waals surface area contributed by atoms with Crippen molar-refractivity contribution in [1.29, 1.82) is 0 Å². The fraction of sp³-hybridized carbons (Fsp3) is 0.200. The largest absolute Gasteiger partial charge is 0.372 e. The minimum atomic E-state index is -0.310. The Morgan fingerprint density at radius 1 is 1.00 bits per heavy atom. The number of rotatable bonds is 5. The van der Waals surface area contributed by atoms with Crippen molar-refractivity contribution in [3.63, 3.8) is 0 Å². The SMILES string of the molecule is CCN(CC)c1ccc(/C=C2\SC(=O)N(c3ccc(Cl)cc3)C2=O)cc1. The topological polar surface area (TPSA) is 40.6 Å². The van der Waals surface area contributed by atoms with Gasteiger partial charge >= 0.3 is 0 Å². The van der Waals surface area contributed by atoms with Gasteiger partial charge in [0.2, 0.25) is 0 Å². The number of amides is 2. The molecule has 6 heteroatoms. The lowest BCUT2D eigenvalue weighted by Crippen LogP contribution is -2.27. The first-order valence-electron chi connectivity index (χ1n) is 8.42. The molecule has 0 N–H and O–H groups in total. The number of halogens is 1. The highest BCUT2D eigenvalue weighted by Crippen LogP contribution is 2.36. The Kier molecular flexibility index (Phi) is 5.69. The molecule has 1 saturated heterocycles. The van der Waals surface area contributed by atoms with Gasteiger partial charge in [0.05, 0.1) is 10.6 Å². The number of nitrogens with zero attached hydrogens (tertiary/aromatic N) is 2. The summed E-state index contributed by atoms with van der Waals surface area (Å²) in [5.74, 6) is -0.310. The molecule has 0 atom stereocenters. The second-order valence-electron chi connectivity index (χ2n) is 5.76. The minimum absolute atomic E-state index is 0.302. The van der Waals surface area contributed by atoms with Gasteiger partial charge in [0.1, 0.15) is 0 Å². The summed E-state index contributed by atoms with van der Waals surface area (Å²) in [6.07, 6.45) is 1.76. The Hall–Kier alpha value is -2.24. The molecular formula is C20H19ClN2O2S. The van der Waals surface area contributed by atoms with E-state index in [1.807, 2.05) is 24.3 Å². The number of anilines is 2. The van der Waals surface area contributed by atoms with Gasteiger partial charge in [-0.05, 0) is 73.6 Å². The van der Waals surface area contributed by atoms with Crippen molar-refractivity contribution in [1.82, 2.24) is 0 Å². The highest BCUT2D eigenvalue weighted by atomic mass is 35.5. The van der Waals surface area contributed by atoms with Gasteiger partial charge in [-0.15, -0.1) is 0 Å². The van der Waals surface area contributed by atoms with E-state index in [1.54, 1.807) is 30.3 Å². The lowest BCUT2D eigenvalue weighted by atomic mass is 10.1. The van der Waals surface area contributed by atoms with Crippen molar-refractivity contribution < 1.29 is 9.59 Å². The maximum absolute atomic E-state index is 12.6. The van der Waals surface area contributed by atoms with Gasteiger partial charge in [0.15, 0.2) is 0 Å². The maximum Gasteiger partial charge on any atom is 0.298 e. The van der Waals surface area contributed by atoms with Crippen LogP contribution >= 0.6 is 23.4 Å². The van der Waals surface area contributed by atoms with Gasteiger partial charge < -0.3 is 4.90 Å². The molecule has 0 aliphatic carbocycles. The standard InChI is InChI=1S/C20H19ClN2O2S/c1-3-22(4-2)16-9-5-14(6-10-16)13-18-19(24)23(20(25)26-18)17-11-7-15(21)8-12-17/h5-13H,3-4H2,1-2H3/b18-13-. The minimum Gasteiger partial charge on any atom is -0.372 e. The zero-order valence-corrected chi connectivity index (χ0v) is 16.2. The molecule has 0 aromatic heterocycles. The summed E-state index contributed by atoms with van der Waals surface area (Å²) in [7, 11) is 0. The van der Waals surface area contributed by atoms with Crippen LogP contribution in [-0.4, -0.2) is 24.2 Å². The molecule has 1 fully saturated rings. The van der Waals surface area contributed by atoms with Gasteiger partial charge in [-0.1, -0.05) is 23.7 Å². The van der Waals surface area contributed by atoms with Crippen LogP contribution in [-0.2, 0) is 4.79 Å². The summed E-state index contributed by atoms with van der Waals surface area (Å²) in [5.41, 5.74) is 2.56. The second kappa shape index (κ2) is 7.98. The zero-order valence-electron chi connectivity index (χ0n) is 14.6. The number of carbonyl (C=O) groups excluding carboxylic acids is 2. The molecule has 3 rings (SSSR count). The summed E-state index contributed by atoms with van der Waals surface area (Å²) in [6.45, 7) is 6.11. The first kappa shape index (κ1) is 18.5. The van der Waals surface area contributed by atoms with Crippen molar-refractivity contribution in [3.05, 3.63) is 64.0 Å². The molecular weight excluding hydrogens is 368 g/mol. The predicted octanol–water partition coefficient (Wildman–Crippen LogP) is 5.43. The van der Waals surface area contributed by atoms with Gasteiger partial charge in [0, 0.05) is 23.8 Å². The van der Waals surface area contributed by atoms with Crippen LogP contribution < -0.4 is 9.80 Å². The molecule has 1 aliphatic heterocycles. The predicted molar refractivity (Wildman–Crippen MR) is 110 cm³/mol. The number of benzene rings is 2. The summed E-state index contributed by atoms with van der Waals surface area (Å²) >= 11 is 6.82. The third kappa shape index (κ3) is 3.79. The third-order valence-corrected chi connectivity index (χ3v) is 5.32. The van der Waals surface area contributed by atoms with Gasteiger partial charge in [-0.25, -0.2) is 4.90 Å². The van der Waals surface area contributed by atoms with E-state index < -0.39 is 0 Å². The van der Waals surface area contributed by atoms with Gasteiger partial charge in [-0.3, -0.25) is 9.59 Å². The Bertz CT molecular complexity index is 843. The number of hydrogen-bond acceptors (Lipinski definition) is 4. The van der Waals surface area contributed by atoms with Crippen LogP contribution in [0.3, 0.4) is 0 Å². The Labute approximate surface area is 162 Å². The number of hydrogen-bond donors (Lipinski definition) is 0. The summed E-state index contributed by atoms with van der Waals surface area (Å²) in [5, 5.41) is 0.257. The fourth-order valence-corrected chi connectivity index (χ4v) is 3.77. The van der Waals surface area contributed by atoms with E-state index >= 15 is 0 Å². The second-order valence-corrected chi connectivity index (χ2v) is 7.19. The monoisotopic (exact) mass is 386 g/mol. The quantitative estimate of drug-likeness (QED) is 0.642. The van der Waals surface area contributed by atoms with Crippen molar-refractivity contribution in [2.24, 2.45) is 0 Å². The normalized spacial score (nSPS) is 15.8. The molecule has 0 spiro atoms. The fourth-order valence-electron chi connectivity index (χ4n) is 2.80. The van der Waals surface area contributed by atoms with Gasteiger partial charge in [-0.2, -0.15) is 0 Å². The molecule has 0 bridgehead atoms. The van der Waals surface area contributed by atoms with Crippen LogP contribution in [0.15, 0.2) is 53.4 Å². The average molecular weight is 387 g/mol. The van der Waals surface area contributed by atoms with Crippen molar-refractivity contribution >= 4 is 52.0 Å². The smallest absolute Gasteiger partial charge is 0.298 e. The average Bonchev–Trinajstić information content (AvgIpc) is 2.92. The first-order chi connectivity index (χ1) is 12.5. The van der Waals surface area contributed by atoms with E-state index in [0.29, 0.717) is 15.6 Å². The van der Waals surface area contributed by atoms with E-state index in [0.717, 1.165) is 36.1 Å². The number of imide groups is 1. The van der Waals surface area contributed by atoms with Crippen molar-refractivity contribution in [2.45, 2.75) is 13.8 Å². The van der Waals surface area contributed by atoms with Crippen LogP contribution in [0.4, 0.5) is 16.2 Å². The van der Waals surface area contributed by atoms with Crippen molar-refractivity contribution in [2.75, 3.05) is 22.9 Å². The molecule has 2 amide bonds. The van der Waals surface area contributed by atoms with E-state index in [9.17, 15) is 9.59 Å². The number of carbonyl (C=O) groups is 2. The highest BCUT2D eigenvalue weighted by molar-refractivity contribution is 8.19. The molecule has 4 nitrogen and oxygen atoms in total. The van der Waals surface area contributed by atoms with Crippen LogP contribution in [0, 0.1) is 0 Å². The lowest BCUT2D eigenvalue weighted by molar-refractivity contribution is -0.113. The summed E-state index contributed by atoms with van der Waals surface area (Å²) in [6, 6.07) is 14.6. The highest BCUT2D eigenvalue weighted by Gasteiger charge is 2.36. The lowest BCUT2D eigenvalue weighted by Gasteiger charge is -2.20.